The summed E-state index contributed by atoms with van der Waals surface area (Å²) in [5.74, 6) is -3.51. The molecule has 0 aliphatic carbocycles. The van der Waals surface area contributed by atoms with Gasteiger partial charge in [-0.05, 0) is 20.9 Å². The lowest BCUT2D eigenvalue weighted by molar-refractivity contribution is -0.160. The summed E-state index contributed by atoms with van der Waals surface area (Å²) in [6.45, 7) is 6.69. The van der Waals surface area contributed by atoms with Crippen molar-refractivity contribution in [2.75, 3.05) is 33.3 Å². The third kappa shape index (κ3) is 4.62. The molecule has 1 fully saturated rings. The van der Waals surface area contributed by atoms with Gasteiger partial charge in [-0.3, -0.25) is 9.59 Å². The molecule has 0 saturated carbocycles. The van der Waals surface area contributed by atoms with E-state index in [-0.39, 0.29) is 19.7 Å². The molecule has 0 radical (unpaired) electrons. The average molecular weight is 326 g/mol. The van der Waals surface area contributed by atoms with Crippen molar-refractivity contribution in [3.8, 4) is 0 Å². The summed E-state index contributed by atoms with van der Waals surface area (Å²) in [7, 11) is 1.75. The maximum absolute atomic E-state index is 12.4. The fourth-order valence-electron chi connectivity index (χ4n) is 2.17. The monoisotopic (exact) mass is 326 g/mol. The minimum Gasteiger partial charge on any atom is -0.480 e. The number of carboxylic acids is 1. The molecule has 23 heavy (non-hydrogen) atoms. The summed E-state index contributed by atoms with van der Waals surface area (Å²) in [6.07, 6.45) is 0.962. The van der Waals surface area contributed by atoms with Crippen LogP contribution in [0.1, 0.15) is 13.8 Å². The largest absolute Gasteiger partial charge is 0.480 e. The van der Waals surface area contributed by atoms with E-state index in [2.05, 4.69) is 6.58 Å². The number of ether oxygens (including phenoxy) is 1. The highest BCUT2D eigenvalue weighted by molar-refractivity contribution is 6.38. The Hall–Kier alpha value is -2.22. The van der Waals surface area contributed by atoms with E-state index in [0.717, 1.165) is 11.0 Å². The molecule has 1 saturated heterocycles. The lowest BCUT2D eigenvalue weighted by atomic mass is 9.88. The molecule has 0 unspecified atom stereocenters. The first-order chi connectivity index (χ1) is 10.6. The number of hydrogen-bond acceptors (Lipinski definition) is 6. The van der Waals surface area contributed by atoms with Crippen molar-refractivity contribution in [3.63, 3.8) is 0 Å². The fraction of sp³-hybridized carbons (Fsp3) is 0.600. The van der Waals surface area contributed by atoms with Gasteiger partial charge in [0.15, 0.2) is 0 Å². The minimum absolute atomic E-state index is 0.153. The van der Waals surface area contributed by atoms with Gasteiger partial charge in [0.1, 0.15) is 12.6 Å². The Labute approximate surface area is 134 Å². The first-order valence-electron chi connectivity index (χ1n) is 7.16. The molecule has 0 bridgehead atoms. The van der Waals surface area contributed by atoms with Gasteiger partial charge < -0.3 is 19.6 Å². The summed E-state index contributed by atoms with van der Waals surface area (Å²) < 4.78 is 4.83. The number of aliphatic carboxylic acids is 1. The van der Waals surface area contributed by atoms with Crippen molar-refractivity contribution >= 4 is 23.6 Å². The number of amides is 1. The quantitative estimate of drug-likeness (QED) is 0.400. The second kappa shape index (κ2) is 7.36. The number of rotatable bonds is 6. The van der Waals surface area contributed by atoms with Gasteiger partial charge in [-0.15, -0.1) is 0 Å². The van der Waals surface area contributed by atoms with Gasteiger partial charge in [0, 0.05) is 25.7 Å². The predicted octanol–water partition coefficient (Wildman–Crippen LogP) is -0.462. The van der Waals surface area contributed by atoms with E-state index < -0.39 is 35.1 Å². The number of carbonyl (C=O) groups excluding carboxylic acids is 3. The standard InChI is InChI=1S/C15H22N2O6/c1-5-11(18)23-9-15(2,3)12(19)13(20)17-7-6-16(4)8-10(17)14(21)22/h5,10H,1,6-9H2,2-4H3,(H,21,22)/t10-/m0/s1. The average Bonchev–Trinajstić information content (AvgIpc) is 2.50. The molecule has 1 heterocycles. The molecule has 1 rings (SSSR count). The zero-order valence-electron chi connectivity index (χ0n) is 13.6. The zero-order valence-corrected chi connectivity index (χ0v) is 13.6. The first-order valence-corrected chi connectivity index (χ1v) is 7.16. The van der Waals surface area contributed by atoms with Gasteiger partial charge >= 0.3 is 11.9 Å². The van der Waals surface area contributed by atoms with Crippen LogP contribution in [0.25, 0.3) is 0 Å². The van der Waals surface area contributed by atoms with E-state index in [9.17, 15) is 24.3 Å². The molecule has 1 aliphatic heterocycles. The Morgan fingerprint density at radius 2 is 1.91 bits per heavy atom. The summed E-state index contributed by atoms with van der Waals surface area (Å²) in [4.78, 5) is 50.1. The highest BCUT2D eigenvalue weighted by atomic mass is 16.5. The molecule has 0 aromatic heterocycles. The second-order valence-electron chi connectivity index (χ2n) is 6.14. The smallest absolute Gasteiger partial charge is 0.330 e. The Morgan fingerprint density at radius 3 is 2.43 bits per heavy atom. The van der Waals surface area contributed by atoms with Crippen molar-refractivity contribution in [3.05, 3.63) is 12.7 Å². The Balaban J connectivity index is 2.84. The van der Waals surface area contributed by atoms with Gasteiger partial charge in [0.25, 0.3) is 5.91 Å². The molecule has 1 amide bonds. The van der Waals surface area contributed by atoms with Crippen molar-refractivity contribution < 1.29 is 29.0 Å². The van der Waals surface area contributed by atoms with Crippen LogP contribution in [0.4, 0.5) is 0 Å². The van der Waals surface area contributed by atoms with Gasteiger partial charge in [-0.2, -0.15) is 0 Å². The van der Waals surface area contributed by atoms with Crippen LogP contribution < -0.4 is 0 Å². The molecule has 0 aromatic carbocycles. The van der Waals surface area contributed by atoms with Crippen LogP contribution in [-0.2, 0) is 23.9 Å². The van der Waals surface area contributed by atoms with Gasteiger partial charge in [0.2, 0.25) is 5.78 Å². The summed E-state index contributed by atoms with van der Waals surface area (Å²) in [6, 6.07) is -1.07. The highest BCUT2D eigenvalue weighted by Crippen LogP contribution is 2.21. The lowest BCUT2D eigenvalue weighted by Gasteiger charge is -2.38. The highest BCUT2D eigenvalue weighted by Gasteiger charge is 2.42. The van der Waals surface area contributed by atoms with Crippen LogP contribution in [0.2, 0.25) is 0 Å². The number of nitrogens with zero attached hydrogens (tertiary/aromatic N) is 2. The van der Waals surface area contributed by atoms with Crippen LogP contribution in [-0.4, -0.2) is 77.9 Å². The third-order valence-corrected chi connectivity index (χ3v) is 3.68. The summed E-state index contributed by atoms with van der Waals surface area (Å²) in [5.41, 5.74) is -1.25. The topological polar surface area (TPSA) is 104 Å². The molecule has 1 atom stereocenters. The van der Waals surface area contributed by atoms with Crippen molar-refractivity contribution in [1.82, 2.24) is 9.80 Å². The van der Waals surface area contributed by atoms with Gasteiger partial charge in [0.05, 0.1) is 5.41 Å². The van der Waals surface area contributed by atoms with Crippen molar-refractivity contribution in [2.24, 2.45) is 5.41 Å². The normalized spacial score (nSPS) is 19.1. The van der Waals surface area contributed by atoms with Crippen LogP contribution in [0.15, 0.2) is 12.7 Å². The van der Waals surface area contributed by atoms with Crippen molar-refractivity contribution in [2.45, 2.75) is 19.9 Å². The number of hydrogen-bond donors (Lipinski definition) is 1. The molecule has 1 aliphatic rings. The molecular weight excluding hydrogens is 304 g/mol. The Bertz CT molecular complexity index is 528. The Morgan fingerprint density at radius 1 is 1.30 bits per heavy atom. The van der Waals surface area contributed by atoms with E-state index in [1.165, 1.54) is 13.8 Å². The van der Waals surface area contributed by atoms with Gasteiger partial charge in [-0.25, -0.2) is 9.59 Å². The zero-order chi connectivity index (χ0) is 17.8. The number of likely N-dealkylation sites (N-methyl/N-ethyl adjacent to an activating group) is 1. The van der Waals surface area contributed by atoms with E-state index in [1.54, 1.807) is 11.9 Å². The number of carboxylic acid groups (broad SMARTS) is 1. The SMILES string of the molecule is C=CC(=O)OCC(C)(C)C(=O)C(=O)N1CCN(C)C[C@H]1C(=O)O. The molecular formula is C15H22N2O6. The van der Waals surface area contributed by atoms with E-state index in [4.69, 9.17) is 4.74 Å². The molecule has 0 aromatic rings. The van der Waals surface area contributed by atoms with E-state index >= 15 is 0 Å². The minimum atomic E-state index is -1.25. The van der Waals surface area contributed by atoms with Crippen molar-refractivity contribution in [1.29, 1.82) is 0 Å². The second-order valence-corrected chi connectivity index (χ2v) is 6.14. The summed E-state index contributed by atoms with van der Waals surface area (Å²) in [5, 5.41) is 9.26. The van der Waals surface area contributed by atoms with E-state index in [0.29, 0.717) is 6.54 Å². The van der Waals surface area contributed by atoms with Crippen LogP contribution in [0.5, 0.6) is 0 Å². The summed E-state index contributed by atoms with van der Waals surface area (Å²) >= 11 is 0. The molecule has 128 valence electrons. The number of esters is 1. The number of piperazine rings is 1. The number of carbonyl (C=O) groups is 4. The van der Waals surface area contributed by atoms with E-state index in [1.807, 2.05) is 0 Å². The third-order valence-electron chi connectivity index (χ3n) is 3.68. The van der Waals surface area contributed by atoms with Crippen LogP contribution in [0.3, 0.4) is 0 Å². The van der Waals surface area contributed by atoms with Crippen LogP contribution in [0, 0.1) is 5.41 Å². The van der Waals surface area contributed by atoms with Gasteiger partial charge in [-0.1, -0.05) is 6.58 Å². The van der Waals surface area contributed by atoms with Crippen LogP contribution >= 0.6 is 0 Å². The molecule has 8 nitrogen and oxygen atoms in total. The first kappa shape index (κ1) is 18.8. The molecule has 0 spiro atoms. The maximum Gasteiger partial charge on any atom is 0.330 e. The number of ketones is 1. The molecule has 1 N–H and O–H groups in total. The maximum atomic E-state index is 12.4. The number of Topliss-reactive ketones (excluding diaryl/α,β-unsaturated/α-hetero) is 1. The Kier molecular flexibility index (Phi) is 6.03. The lowest BCUT2D eigenvalue weighted by Crippen LogP contribution is -2.60. The fourth-order valence-corrected chi connectivity index (χ4v) is 2.17. The molecule has 8 heteroatoms. The predicted molar refractivity (Wildman–Crippen MR) is 80.6 cm³/mol.